The van der Waals surface area contributed by atoms with Gasteiger partial charge in [-0.2, -0.15) is 4.31 Å². The molecule has 1 atom stereocenters. The van der Waals surface area contributed by atoms with Crippen molar-refractivity contribution in [2.24, 2.45) is 11.7 Å². The van der Waals surface area contributed by atoms with Crippen LogP contribution in [0.2, 0.25) is 0 Å². The zero-order valence-corrected chi connectivity index (χ0v) is 16.2. The Morgan fingerprint density at radius 1 is 1.33 bits per heavy atom. The fourth-order valence-electron chi connectivity index (χ4n) is 4.48. The molecular formula is C19H25N3O4S. The van der Waals surface area contributed by atoms with Crippen molar-refractivity contribution in [1.82, 2.24) is 9.29 Å². The van der Waals surface area contributed by atoms with Gasteiger partial charge in [0.05, 0.1) is 12.0 Å². The monoisotopic (exact) mass is 391 g/mol. The first kappa shape index (κ1) is 18.6. The number of fused-ring (bicyclic) bond motifs is 1. The van der Waals surface area contributed by atoms with Crippen LogP contribution in [-0.2, 0) is 14.8 Å². The molecule has 0 aliphatic carbocycles. The molecule has 2 saturated heterocycles. The number of nitrogens with zero attached hydrogens (tertiary/aromatic N) is 2. The largest absolute Gasteiger partial charge is 0.494 e. The van der Waals surface area contributed by atoms with Crippen LogP contribution in [0.3, 0.4) is 0 Å². The molecule has 1 spiro atoms. The Morgan fingerprint density at radius 2 is 2.11 bits per heavy atom. The summed E-state index contributed by atoms with van der Waals surface area (Å²) < 4.78 is 40.1. The third-order valence-corrected chi connectivity index (χ3v) is 7.89. The van der Waals surface area contributed by atoms with Crippen molar-refractivity contribution in [2.45, 2.75) is 29.7 Å². The fraction of sp³-hybridized carbons (Fsp3) is 0.526. The Hall–Kier alpha value is -1.74. The van der Waals surface area contributed by atoms with Crippen LogP contribution in [0.15, 0.2) is 35.4 Å². The molecule has 0 saturated carbocycles. The summed E-state index contributed by atoms with van der Waals surface area (Å²) in [5.41, 5.74) is 6.06. The molecular weight excluding hydrogens is 366 g/mol. The average Bonchev–Trinajstić information content (AvgIpc) is 3.06. The molecule has 2 aromatic rings. The first-order chi connectivity index (χ1) is 13.0. The molecule has 1 aromatic heterocycles. The first-order valence-corrected chi connectivity index (χ1v) is 10.7. The molecule has 1 aromatic carbocycles. The van der Waals surface area contributed by atoms with E-state index in [1.54, 1.807) is 41.9 Å². The second-order valence-electron chi connectivity index (χ2n) is 7.34. The summed E-state index contributed by atoms with van der Waals surface area (Å²) in [4.78, 5) is 4.61. The van der Waals surface area contributed by atoms with Crippen molar-refractivity contribution >= 4 is 20.9 Å². The van der Waals surface area contributed by atoms with Crippen LogP contribution in [0.1, 0.15) is 19.3 Å². The third-order valence-electron chi connectivity index (χ3n) is 5.86. The molecule has 2 N–H and O–H groups in total. The van der Waals surface area contributed by atoms with Gasteiger partial charge < -0.3 is 15.2 Å². The van der Waals surface area contributed by atoms with Gasteiger partial charge in [0, 0.05) is 36.9 Å². The lowest BCUT2D eigenvalue weighted by Crippen LogP contribution is -2.50. The molecule has 0 amide bonds. The van der Waals surface area contributed by atoms with Crippen molar-refractivity contribution in [3.05, 3.63) is 30.5 Å². The lowest BCUT2D eigenvalue weighted by atomic mass is 9.86. The second kappa shape index (κ2) is 7.01. The SMILES string of the molecule is COc1ccc(S(=O)(=O)N2CC(CN)CC23CCOCC3)c2cccnc12. The van der Waals surface area contributed by atoms with Gasteiger partial charge >= 0.3 is 0 Å². The summed E-state index contributed by atoms with van der Waals surface area (Å²) in [6.45, 7) is 2.09. The van der Waals surface area contributed by atoms with Crippen molar-refractivity contribution in [1.29, 1.82) is 0 Å². The van der Waals surface area contributed by atoms with Crippen molar-refractivity contribution in [2.75, 3.05) is 33.4 Å². The highest BCUT2D eigenvalue weighted by molar-refractivity contribution is 7.89. The highest BCUT2D eigenvalue weighted by Crippen LogP contribution is 2.44. The van der Waals surface area contributed by atoms with E-state index in [9.17, 15) is 8.42 Å². The highest BCUT2D eigenvalue weighted by atomic mass is 32.2. The predicted molar refractivity (Wildman–Crippen MR) is 102 cm³/mol. The van der Waals surface area contributed by atoms with E-state index in [1.807, 2.05) is 0 Å². The Bertz CT molecular complexity index is 941. The van der Waals surface area contributed by atoms with Gasteiger partial charge in [0.15, 0.2) is 0 Å². The summed E-state index contributed by atoms with van der Waals surface area (Å²) in [5, 5.41) is 0.579. The third kappa shape index (κ3) is 3.00. The Labute approximate surface area is 159 Å². The number of hydrogen-bond acceptors (Lipinski definition) is 6. The number of aromatic nitrogens is 1. The molecule has 0 radical (unpaired) electrons. The van der Waals surface area contributed by atoms with Crippen molar-refractivity contribution < 1.29 is 17.9 Å². The summed E-state index contributed by atoms with van der Waals surface area (Å²) >= 11 is 0. The van der Waals surface area contributed by atoms with Gasteiger partial charge in [-0.3, -0.25) is 4.98 Å². The molecule has 2 aliphatic heterocycles. The van der Waals surface area contributed by atoms with Gasteiger partial charge in [-0.25, -0.2) is 8.42 Å². The van der Waals surface area contributed by atoms with E-state index in [0.717, 1.165) is 6.42 Å². The summed E-state index contributed by atoms with van der Waals surface area (Å²) in [6, 6.07) is 6.83. The Morgan fingerprint density at radius 3 is 2.81 bits per heavy atom. The van der Waals surface area contributed by atoms with Crippen LogP contribution in [0, 0.1) is 5.92 Å². The maximum atomic E-state index is 13.8. The lowest BCUT2D eigenvalue weighted by Gasteiger charge is -2.40. The molecule has 1 unspecified atom stereocenters. The number of benzene rings is 1. The summed E-state index contributed by atoms with van der Waals surface area (Å²) in [7, 11) is -2.16. The zero-order chi connectivity index (χ0) is 19.1. The maximum absolute atomic E-state index is 13.8. The van der Waals surface area contributed by atoms with Gasteiger partial charge in [0.2, 0.25) is 10.0 Å². The van der Waals surface area contributed by atoms with Gasteiger partial charge in [-0.15, -0.1) is 0 Å². The van der Waals surface area contributed by atoms with E-state index in [2.05, 4.69) is 4.98 Å². The standard InChI is InChI=1S/C19H25N3O4S/c1-25-16-4-5-17(15-3-2-8-21-18(15)16)27(23,24)22-13-14(12-20)11-19(22)6-9-26-10-7-19/h2-5,8,14H,6-7,9-13,20H2,1H3. The van der Waals surface area contributed by atoms with Crippen LogP contribution >= 0.6 is 0 Å². The van der Waals surface area contributed by atoms with Crippen molar-refractivity contribution in [3.8, 4) is 5.75 Å². The summed E-state index contributed by atoms with van der Waals surface area (Å²) in [6.07, 6.45) is 3.84. The minimum atomic E-state index is -3.71. The molecule has 3 heterocycles. The number of rotatable bonds is 4. The average molecular weight is 391 g/mol. The minimum Gasteiger partial charge on any atom is -0.494 e. The summed E-state index contributed by atoms with van der Waals surface area (Å²) in [5.74, 6) is 0.729. The second-order valence-corrected chi connectivity index (χ2v) is 9.17. The first-order valence-electron chi connectivity index (χ1n) is 9.24. The number of pyridine rings is 1. The Balaban J connectivity index is 1.84. The lowest BCUT2D eigenvalue weighted by molar-refractivity contribution is 0.0197. The molecule has 146 valence electrons. The highest BCUT2D eigenvalue weighted by Gasteiger charge is 2.51. The van der Waals surface area contributed by atoms with Crippen LogP contribution in [-0.4, -0.2) is 56.7 Å². The number of hydrogen-bond donors (Lipinski definition) is 1. The molecule has 8 heteroatoms. The molecule has 4 rings (SSSR count). The molecule has 27 heavy (non-hydrogen) atoms. The molecule has 2 aliphatic rings. The number of sulfonamides is 1. The van der Waals surface area contributed by atoms with E-state index in [0.29, 0.717) is 55.8 Å². The predicted octanol–water partition coefficient (Wildman–Crippen LogP) is 1.76. The van der Waals surface area contributed by atoms with E-state index in [1.165, 1.54) is 0 Å². The van der Waals surface area contributed by atoms with Crippen LogP contribution in [0.5, 0.6) is 5.75 Å². The van der Waals surface area contributed by atoms with Gasteiger partial charge in [-0.1, -0.05) is 0 Å². The van der Waals surface area contributed by atoms with E-state index >= 15 is 0 Å². The fourth-order valence-corrected chi connectivity index (χ4v) is 6.57. The van der Waals surface area contributed by atoms with Gasteiger partial charge in [0.1, 0.15) is 11.3 Å². The molecule has 0 bridgehead atoms. The smallest absolute Gasteiger partial charge is 0.244 e. The van der Waals surface area contributed by atoms with E-state index in [4.69, 9.17) is 15.2 Å². The van der Waals surface area contributed by atoms with Crippen molar-refractivity contribution in [3.63, 3.8) is 0 Å². The van der Waals surface area contributed by atoms with Crippen LogP contribution in [0.25, 0.3) is 10.9 Å². The van der Waals surface area contributed by atoms with E-state index < -0.39 is 15.6 Å². The quantitative estimate of drug-likeness (QED) is 0.853. The Kier molecular flexibility index (Phi) is 4.84. The molecule has 2 fully saturated rings. The van der Waals surface area contributed by atoms with E-state index in [-0.39, 0.29) is 10.8 Å². The zero-order valence-electron chi connectivity index (χ0n) is 15.4. The van der Waals surface area contributed by atoms with Crippen LogP contribution < -0.4 is 10.5 Å². The number of nitrogens with two attached hydrogens (primary N) is 1. The topological polar surface area (TPSA) is 94.8 Å². The minimum absolute atomic E-state index is 0.167. The van der Waals surface area contributed by atoms with Crippen LogP contribution in [0.4, 0.5) is 0 Å². The number of ether oxygens (including phenoxy) is 2. The van der Waals surface area contributed by atoms with Gasteiger partial charge in [0.25, 0.3) is 0 Å². The molecule has 7 nitrogen and oxygen atoms in total. The normalized spacial score (nSPS) is 23.1. The van der Waals surface area contributed by atoms with Gasteiger partial charge in [-0.05, 0) is 56.0 Å². The maximum Gasteiger partial charge on any atom is 0.244 e. The number of methoxy groups -OCH3 is 1.